The third-order valence-electron chi connectivity index (χ3n) is 2.78. The van der Waals surface area contributed by atoms with Gasteiger partial charge in [-0.3, -0.25) is 0 Å². The maximum absolute atomic E-state index is 13.6. The Balaban J connectivity index is 2.47. The first-order chi connectivity index (χ1) is 9.77. The smallest absolute Gasteiger partial charge is 0.302 e. The lowest BCUT2D eigenvalue weighted by Gasteiger charge is -2.21. The highest BCUT2D eigenvalue weighted by Crippen LogP contribution is 2.33. The molecule has 2 nitrogen and oxygen atoms in total. The van der Waals surface area contributed by atoms with Crippen molar-refractivity contribution >= 4 is 11.3 Å². The number of nitrogens with zero attached hydrogens (tertiary/aromatic N) is 1. The summed E-state index contributed by atoms with van der Waals surface area (Å²) in [6.07, 6.45) is -3.01. The summed E-state index contributed by atoms with van der Waals surface area (Å²) in [5.41, 5.74) is -0.782. The summed E-state index contributed by atoms with van der Waals surface area (Å²) in [4.78, 5) is 4.12. The predicted molar refractivity (Wildman–Crippen MR) is 73.6 cm³/mol. The van der Waals surface area contributed by atoms with Crippen molar-refractivity contribution in [1.82, 2.24) is 10.3 Å². The predicted octanol–water partition coefficient (Wildman–Crippen LogP) is 4.39. The molecule has 7 heteroatoms. The van der Waals surface area contributed by atoms with E-state index < -0.39 is 23.6 Å². The molecule has 21 heavy (non-hydrogen) atoms. The third kappa shape index (κ3) is 4.01. The maximum atomic E-state index is 13.6. The van der Waals surface area contributed by atoms with Crippen molar-refractivity contribution in [3.63, 3.8) is 0 Å². The average Bonchev–Trinajstić information content (AvgIpc) is 2.87. The van der Waals surface area contributed by atoms with Crippen LogP contribution in [0.1, 0.15) is 36.0 Å². The molecule has 0 aliphatic carbocycles. The van der Waals surface area contributed by atoms with Crippen LogP contribution in [0.4, 0.5) is 17.6 Å². The molecule has 1 N–H and O–H groups in total. The van der Waals surface area contributed by atoms with E-state index in [0.29, 0.717) is 11.1 Å². The molecule has 2 aromatic rings. The van der Waals surface area contributed by atoms with E-state index in [4.69, 9.17) is 0 Å². The van der Waals surface area contributed by atoms with Gasteiger partial charge in [-0.15, -0.1) is 11.3 Å². The summed E-state index contributed by atoms with van der Waals surface area (Å²) in [5.74, 6) is -0.910. The average molecular weight is 318 g/mol. The van der Waals surface area contributed by atoms with Crippen LogP contribution in [0.25, 0.3) is 0 Å². The fourth-order valence-corrected chi connectivity index (χ4v) is 2.69. The van der Waals surface area contributed by atoms with E-state index in [1.54, 1.807) is 11.6 Å². The minimum atomic E-state index is -4.58. The van der Waals surface area contributed by atoms with Crippen LogP contribution in [0.2, 0.25) is 0 Å². The van der Waals surface area contributed by atoms with Crippen molar-refractivity contribution in [1.29, 1.82) is 0 Å². The van der Waals surface area contributed by atoms with Crippen LogP contribution in [0.5, 0.6) is 0 Å². The van der Waals surface area contributed by atoms with Crippen LogP contribution < -0.4 is 5.32 Å². The zero-order valence-electron chi connectivity index (χ0n) is 11.4. The number of benzene rings is 1. The highest BCUT2D eigenvalue weighted by Gasteiger charge is 2.32. The monoisotopic (exact) mass is 318 g/mol. The Hall–Kier alpha value is -1.47. The Bertz CT molecular complexity index is 594. The van der Waals surface area contributed by atoms with E-state index in [9.17, 15) is 17.6 Å². The van der Waals surface area contributed by atoms with E-state index in [-0.39, 0.29) is 11.6 Å². The molecule has 1 aromatic carbocycles. The fourth-order valence-electron chi connectivity index (χ4n) is 1.96. The molecule has 0 aliphatic heterocycles. The molecule has 0 saturated heterocycles. The largest absolute Gasteiger partial charge is 0.416 e. The zero-order valence-corrected chi connectivity index (χ0v) is 12.2. The Labute approximate surface area is 123 Å². The topological polar surface area (TPSA) is 24.9 Å². The highest BCUT2D eigenvalue weighted by atomic mass is 32.1. The highest BCUT2D eigenvalue weighted by molar-refractivity contribution is 7.09. The molecule has 1 atom stereocenters. The van der Waals surface area contributed by atoms with Crippen molar-refractivity contribution in [2.75, 3.05) is 0 Å². The van der Waals surface area contributed by atoms with Gasteiger partial charge in [0.15, 0.2) is 0 Å². The number of aromatic nitrogens is 1. The van der Waals surface area contributed by atoms with Gasteiger partial charge >= 0.3 is 6.18 Å². The van der Waals surface area contributed by atoms with Gasteiger partial charge < -0.3 is 5.32 Å². The summed E-state index contributed by atoms with van der Waals surface area (Å²) in [6.45, 7) is 3.73. The number of rotatable bonds is 4. The van der Waals surface area contributed by atoms with Crippen LogP contribution in [0, 0.1) is 5.82 Å². The number of hydrogen-bond donors (Lipinski definition) is 1. The van der Waals surface area contributed by atoms with Gasteiger partial charge in [-0.05, 0) is 37.6 Å². The van der Waals surface area contributed by atoms with Gasteiger partial charge in [-0.1, -0.05) is 0 Å². The zero-order chi connectivity index (χ0) is 15.6. The van der Waals surface area contributed by atoms with Crippen molar-refractivity contribution in [2.45, 2.75) is 32.1 Å². The Kier molecular flexibility index (Phi) is 4.63. The first-order valence-corrected chi connectivity index (χ1v) is 7.18. The standard InChI is InChI=1S/C14H14F4N2S/c1-8(2)20-12(13-19-3-4-21-13)9-5-10(14(16,17)18)7-11(15)6-9/h3-8,12,20H,1-2H3. The maximum Gasteiger partial charge on any atom is 0.416 e. The van der Waals surface area contributed by atoms with Gasteiger partial charge in [0.2, 0.25) is 0 Å². The minimum absolute atomic E-state index is 0.0107. The number of halogens is 4. The first kappa shape index (κ1) is 15.9. The molecule has 0 bridgehead atoms. The Morgan fingerprint density at radius 1 is 1.19 bits per heavy atom. The van der Waals surface area contributed by atoms with Crippen LogP contribution in [0.15, 0.2) is 29.8 Å². The molecule has 1 aromatic heterocycles. The summed E-state index contributed by atoms with van der Waals surface area (Å²) in [6, 6.07) is 2.01. The van der Waals surface area contributed by atoms with Crippen LogP contribution in [-0.4, -0.2) is 11.0 Å². The Morgan fingerprint density at radius 2 is 1.90 bits per heavy atom. The lowest BCUT2D eigenvalue weighted by Crippen LogP contribution is -2.29. The number of alkyl halides is 3. The molecule has 114 valence electrons. The molecule has 0 saturated carbocycles. The van der Waals surface area contributed by atoms with Gasteiger partial charge in [0.25, 0.3) is 0 Å². The van der Waals surface area contributed by atoms with Crippen molar-refractivity contribution in [3.8, 4) is 0 Å². The molecule has 0 fully saturated rings. The first-order valence-electron chi connectivity index (χ1n) is 6.30. The van der Waals surface area contributed by atoms with Gasteiger partial charge in [-0.25, -0.2) is 9.37 Å². The number of hydrogen-bond acceptors (Lipinski definition) is 3. The van der Waals surface area contributed by atoms with Crippen molar-refractivity contribution in [3.05, 3.63) is 51.7 Å². The van der Waals surface area contributed by atoms with Gasteiger partial charge in [0.1, 0.15) is 10.8 Å². The molecule has 1 unspecified atom stereocenters. The second-order valence-corrected chi connectivity index (χ2v) is 5.82. The van der Waals surface area contributed by atoms with E-state index in [2.05, 4.69) is 10.3 Å². The van der Waals surface area contributed by atoms with E-state index >= 15 is 0 Å². The molecule has 2 rings (SSSR count). The van der Waals surface area contributed by atoms with Crippen molar-refractivity contribution in [2.24, 2.45) is 0 Å². The molecular formula is C14H14F4N2S. The molecule has 0 spiro atoms. The fraction of sp³-hybridized carbons (Fsp3) is 0.357. The van der Waals surface area contributed by atoms with Gasteiger partial charge in [0, 0.05) is 17.6 Å². The van der Waals surface area contributed by atoms with Crippen molar-refractivity contribution < 1.29 is 17.6 Å². The summed E-state index contributed by atoms with van der Waals surface area (Å²) < 4.78 is 52.0. The van der Waals surface area contributed by atoms with E-state index in [0.717, 1.165) is 12.1 Å². The second kappa shape index (κ2) is 6.11. The third-order valence-corrected chi connectivity index (χ3v) is 3.62. The lowest BCUT2D eigenvalue weighted by molar-refractivity contribution is -0.137. The van der Waals surface area contributed by atoms with Crippen LogP contribution in [0.3, 0.4) is 0 Å². The number of nitrogens with one attached hydrogen (secondary N) is 1. The molecular weight excluding hydrogens is 304 g/mol. The summed E-state index contributed by atoms with van der Waals surface area (Å²) >= 11 is 1.31. The molecule has 1 heterocycles. The van der Waals surface area contributed by atoms with E-state index in [1.807, 2.05) is 13.8 Å². The molecule has 0 amide bonds. The summed E-state index contributed by atoms with van der Waals surface area (Å²) in [5, 5.41) is 5.45. The van der Waals surface area contributed by atoms with Crippen LogP contribution >= 0.6 is 11.3 Å². The van der Waals surface area contributed by atoms with Gasteiger partial charge in [0.05, 0.1) is 11.6 Å². The van der Waals surface area contributed by atoms with E-state index in [1.165, 1.54) is 11.3 Å². The second-order valence-electron chi connectivity index (χ2n) is 4.90. The quantitative estimate of drug-likeness (QED) is 0.846. The minimum Gasteiger partial charge on any atom is -0.302 e. The normalized spacial score (nSPS) is 13.7. The lowest BCUT2D eigenvalue weighted by atomic mass is 10.0. The SMILES string of the molecule is CC(C)NC(c1cc(F)cc(C(F)(F)F)c1)c1nccs1. The molecule has 0 aliphatic rings. The number of thiazole rings is 1. The van der Waals surface area contributed by atoms with Crippen LogP contribution in [-0.2, 0) is 6.18 Å². The Morgan fingerprint density at radius 3 is 2.43 bits per heavy atom. The van der Waals surface area contributed by atoms with Gasteiger partial charge in [-0.2, -0.15) is 13.2 Å². The summed E-state index contributed by atoms with van der Waals surface area (Å²) in [7, 11) is 0. The molecule has 0 radical (unpaired) electrons.